The van der Waals surface area contributed by atoms with Crippen LogP contribution in [0.15, 0.2) is 84.2 Å². The molecule has 0 unspecified atom stereocenters. The molecule has 0 radical (unpaired) electrons. The highest BCUT2D eigenvalue weighted by atomic mass is 32.1. The van der Waals surface area contributed by atoms with Gasteiger partial charge in [0.2, 0.25) is 0 Å². The van der Waals surface area contributed by atoms with E-state index in [1.807, 2.05) is 53.9 Å². The quantitative estimate of drug-likeness (QED) is 0.399. The number of benzene rings is 3. The van der Waals surface area contributed by atoms with E-state index in [0.717, 1.165) is 30.1 Å². The third kappa shape index (κ3) is 4.24. The number of nitrogen functional groups attached to an aromatic ring is 1. The second-order valence-electron chi connectivity index (χ2n) is 7.84. The Morgan fingerprint density at radius 1 is 0.935 bits per heavy atom. The van der Waals surface area contributed by atoms with Crippen LogP contribution in [0.3, 0.4) is 0 Å². The highest BCUT2D eigenvalue weighted by Crippen LogP contribution is 2.30. The summed E-state index contributed by atoms with van der Waals surface area (Å²) in [5.41, 5.74) is 13.0. The average molecular weight is 426 g/mol. The van der Waals surface area contributed by atoms with Gasteiger partial charge in [0.15, 0.2) is 0 Å². The summed E-state index contributed by atoms with van der Waals surface area (Å²) in [6.07, 6.45) is 0. The van der Waals surface area contributed by atoms with Crippen molar-refractivity contribution in [3.05, 3.63) is 106 Å². The molecule has 1 aliphatic rings. The van der Waals surface area contributed by atoms with Crippen molar-refractivity contribution in [2.75, 3.05) is 11.1 Å². The van der Waals surface area contributed by atoms with Gasteiger partial charge in [0.25, 0.3) is 5.91 Å². The number of fused-ring (bicyclic) bond motifs is 1. The molecule has 0 aliphatic carbocycles. The van der Waals surface area contributed by atoms with Gasteiger partial charge in [-0.1, -0.05) is 48.5 Å². The van der Waals surface area contributed by atoms with E-state index in [1.165, 1.54) is 16.7 Å². The molecule has 4 nitrogen and oxygen atoms in total. The van der Waals surface area contributed by atoms with Gasteiger partial charge in [-0.3, -0.25) is 9.69 Å². The maximum Gasteiger partial charge on any atom is 0.255 e. The highest BCUT2D eigenvalue weighted by Gasteiger charge is 2.18. The molecule has 0 atom stereocenters. The number of carbonyl (C=O) groups excluding carboxylic acids is 1. The van der Waals surface area contributed by atoms with Crippen LogP contribution in [-0.2, 0) is 19.6 Å². The zero-order valence-corrected chi connectivity index (χ0v) is 17.9. The summed E-state index contributed by atoms with van der Waals surface area (Å²) in [6, 6.07) is 26.2. The van der Waals surface area contributed by atoms with E-state index < -0.39 is 0 Å². The third-order valence-electron chi connectivity index (χ3n) is 5.64. The van der Waals surface area contributed by atoms with Crippen molar-refractivity contribution in [3.8, 4) is 10.4 Å². The summed E-state index contributed by atoms with van der Waals surface area (Å²) in [4.78, 5) is 16.3. The molecule has 5 heteroatoms. The summed E-state index contributed by atoms with van der Waals surface area (Å²) in [7, 11) is 0. The molecule has 0 saturated carbocycles. The summed E-state index contributed by atoms with van der Waals surface area (Å²) in [6.45, 7) is 2.81. The van der Waals surface area contributed by atoms with Crippen LogP contribution in [0.1, 0.15) is 27.0 Å². The Morgan fingerprint density at radius 2 is 1.68 bits per heavy atom. The van der Waals surface area contributed by atoms with Crippen LogP contribution in [0.5, 0.6) is 0 Å². The molecule has 3 N–H and O–H groups in total. The maximum atomic E-state index is 12.8. The van der Waals surface area contributed by atoms with Crippen molar-refractivity contribution < 1.29 is 4.79 Å². The van der Waals surface area contributed by atoms with E-state index in [0.29, 0.717) is 16.9 Å². The van der Waals surface area contributed by atoms with Crippen LogP contribution in [-0.4, -0.2) is 10.8 Å². The lowest BCUT2D eigenvalue weighted by molar-refractivity contribution is 0.102. The van der Waals surface area contributed by atoms with Gasteiger partial charge in [-0.2, -0.15) is 0 Å². The fourth-order valence-electron chi connectivity index (χ4n) is 3.99. The molecule has 154 valence electrons. The number of amides is 1. The van der Waals surface area contributed by atoms with Gasteiger partial charge in [0.05, 0.1) is 11.4 Å². The Bertz CT molecular complexity index is 1190. The summed E-state index contributed by atoms with van der Waals surface area (Å²) < 4.78 is 0. The van der Waals surface area contributed by atoms with Crippen molar-refractivity contribution in [2.24, 2.45) is 0 Å². The van der Waals surface area contributed by atoms with E-state index in [2.05, 4.69) is 40.5 Å². The van der Waals surface area contributed by atoms with Crippen molar-refractivity contribution in [3.63, 3.8) is 0 Å². The minimum absolute atomic E-state index is 0.157. The molecule has 1 amide bonds. The number of carbonyl (C=O) groups is 1. The fourth-order valence-corrected chi connectivity index (χ4v) is 4.71. The Morgan fingerprint density at radius 3 is 2.35 bits per heavy atom. The van der Waals surface area contributed by atoms with Gasteiger partial charge in [-0.05, 0) is 58.0 Å². The van der Waals surface area contributed by atoms with Gasteiger partial charge >= 0.3 is 0 Å². The predicted octanol–water partition coefficient (Wildman–Crippen LogP) is 5.77. The molecule has 0 spiro atoms. The number of hydrogen-bond acceptors (Lipinski definition) is 4. The Balaban J connectivity index is 1.25. The fraction of sp³-hybridized carbons (Fsp3) is 0.115. The second-order valence-corrected chi connectivity index (χ2v) is 8.79. The van der Waals surface area contributed by atoms with Gasteiger partial charge in [-0.15, -0.1) is 11.3 Å². The van der Waals surface area contributed by atoms with E-state index in [4.69, 9.17) is 5.73 Å². The minimum Gasteiger partial charge on any atom is -0.397 e. The number of hydrogen-bond donors (Lipinski definition) is 2. The number of nitrogens with two attached hydrogens (primary N) is 1. The molecule has 5 rings (SSSR count). The molecule has 1 aromatic heterocycles. The molecule has 1 aliphatic heterocycles. The standard InChI is InChI=1S/C26H23N3OS/c27-23-12-11-20(25-6-3-13-31-25)14-24(23)28-26(30)19-9-7-18(8-10-19)15-29-16-21-4-1-2-5-22(21)17-29/h1-14H,15-17,27H2,(H,28,30). The van der Waals surface area contributed by atoms with Crippen molar-refractivity contribution in [1.29, 1.82) is 0 Å². The Kier molecular flexibility index (Phi) is 5.28. The first-order valence-corrected chi connectivity index (χ1v) is 11.2. The first-order valence-electron chi connectivity index (χ1n) is 10.3. The molecule has 0 fully saturated rings. The van der Waals surface area contributed by atoms with Gasteiger partial charge in [-0.25, -0.2) is 0 Å². The molecule has 0 bridgehead atoms. The largest absolute Gasteiger partial charge is 0.397 e. The van der Waals surface area contributed by atoms with Crippen LogP contribution < -0.4 is 11.1 Å². The smallest absolute Gasteiger partial charge is 0.255 e. The minimum atomic E-state index is -0.157. The highest BCUT2D eigenvalue weighted by molar-refractivity contribution is 7.13. The lowest BCUT2D eigenvalue weighted by Crippen LogP contribution is -2.16. The summed E-state index contributed by atoms with van der Waals surface area (Å²) in [5.74, 6) is -0.157. The molecule has 2 heterocycles. The lowest BCUT2D eigenvalue weighted by Gasteiger charge is -2.15. The van der Waals surface area contributed by atoms with Crippen LogP contribution in [0.25, 0.3) is 10.4 Å². The maximum absolute atomic E-state index is 12.8. The van der Waals surface area contributed by atoms with Crippen molar-refractivity contribution >= 4 is 28.6 Å². The van der Waals surface area contributed by atoms with Crippen LogP contribution in [0, 0.1) is 0 Å². The van der Waals surface area contributed by atoms with Crippen LogP contribution in [0.4, 0.5) is 11.4 Å². The number of nitrogens with one attached hydrogen (secondary N) is 1. The summed E-state index contributed by atoms with van der Waals surface area (Å²) in [5, 5.41) is 5.00. The van der Waals surface area contributed by atoms with E-state index in [-0.39, 0.29) is 5.91 Å². The molecule has 31 heavy (non-hydrogen) atoms. The van der Waals surface area contributed by atoms with Crippen LogP contribution in [0.2, 0.25) is 0 Å². The second kappa shape index (κ2) is 8.38. The SMILES string of the molecule is Nc1ccc(-c2cccs2)cc1NC(=O)c1ccc(CN2Cc3ccccc3C2)cc1. The molecule has 0 saturated heterocycles. The monoisotopic (exact) mass is 425 g/mol. The first-order chi connectivity index (χ1) is 15.2. The van der Waals surface area contributed by atoms with Gasteiger partial charge < -0.3 is 11.1 Å². The van der Waals surface area contributed by atoms with E-state index in [9.17, 15) is 4.79 Å². The zero-order chi connectivity index (χ0) is 21.2. The topological polar surface area (TPSA) is 58.4 Å². The van der Waals surface area contributed by atoms with E-state index >= 15 is 0 Å². The zero-order valence-electron chi connectivity index (χ0n) is 17.0. The first kappa shape index (κ1) is 19.5. The number of nitrogens with zero attached hydrogens (tertiary/aromatic N) is 1. The molecule has 4 aromatic rings. The van der Waals surface area contributed by atoms with Gasteiger partial charge in [0, 0.05) is 30.1 Å². The Hall–Kier alpha value is -3.41. The number of thiophene rings is 1. The van der Waals surface area contributed by atoms with E-state index in [1.54, 1.807) is 11.3 Å². The molecular formula is C26H23N3OS. The van der Waals surface area contributed by atoms with Crippen LogP contribution >= 0.6 is 11.3 Å². The van der Waals surface area contributed by atoms with Crippen molar-refractivity contribution in [1.82, 2.24) is 4.90 Å². The Labute approximate surface area is 186 Å². The third-order valence-corrected chi connectivity index (χ3v) is 6.55. The molecular weight excluding hydrogens is 402 g/mol. The predicted molar refractivity (Wildman–Crippen MR) is 128 cm³/mol. The van der Waals surface area contributed by atoms with Crippen molar-refractivity contribution in [2.45, 2.75) is 19.6 Å². The average Bonchev–Trinajstić information content (AvgIpc) is 3.45. The van der Waals surface area contributed by atoms with Gasteiger partial charge in [0.1, 0.15) is 0 Å². The normalized spacial score (nSPS) is 13.2. The number of rotatable bonds is 5. The number of anilines is 2. The lowest BCUT2D eigenvalue weighted by atomic mass is 10.1. The molecule has 3 aromatic carbocycles. The summed E-state index contributed by atoms with van der Waals surface area (Å²) >= 11 is 1.66.